The molecule has 0 spiro atoms. The van der Waals surface area contributed by atoms with Gasteiger partial charge >= 0.3 is 0 Å². The molecule has 0 aromatic heterocycles. The van der Waals surface area contributed by atoms with Crippen LogP contribution in [0.2, 0.25) is 0 Å². The molecule has 9 heteroatoms. The molecule has 1 atom stereocenters. The van der Waals surface area contributed by atoms with Crippen LogP contribution in [0.3, 0.4) is 0 Å². The Labute approximate surface area is 170 Å². The van der Waals surface area contributed by atoms with Crippen LogP contribution < -0.4 is 10.1 Å². The number of benzene rings is 2. The molecule has 1 saturated heterocycles. The molecule has 29 heavy (non-hydrogen) atoms. The topological polar surface area (TPSA) is 79.0 Å². The number of carbonyl (C=O) groups excluding carboxylic acids is 1. The Hall–Kier alpha value is -2.49. The summed E-state index contributed by atoms with van der Waals surface area (Å²) < 4.78 is 45.4. The minimum atomic E-state index is -3.60. The lowest BCUT2D eigenvalue weighted by molar-refractivity contribution is -0.121. The highest BCUT2D eigenvalue weighted by Crippen LogP contribution is 2.21. The summed E-state index contributed by atoms with van der Waals surface area (Å²) in [7, 11) is -2.08. The predicted molar refractivity (Wildman–Crippen MR) is 108 cm³/mol. The minimum absolute atomic E-state index is 0.212. The number of amides is 1. The van der Waals surface area contributed by atoms with E-state index in [4.69, 9.17) is 4.74 Å². The van der Waals surface area contributed by atoms with E-state index in [-0.39, 0.29) is 23.9 Å². The maximum Gasteiger partial charge on any atom is 0.243 e. The molecule has 1 fully saturated rings. The number of carbonyl (C=O) groups is 1. The highest BCUT2D eigenvalue weighted by Gasteiger charge is 2.31. The summed E-state index contributed by atoms with van der Waals surface area (Å²) in [5.41, 5.74) is 0.391. The summed E-state index contributed by atoms with van der Waals surface area (Å²) >= 11 is 0. The molecule has 7 nitrogen and oxygen atoms in total. The van der Waals surface area contributed by atoms with E-state index >= 15 is 0 Å². The molecule has 3 rings (SSSR count). The number of piperazine rings is 1. The van der Waals surface area contributed by atoms with Gasteiger partial charge in [0.25, 0.3) is 0 Å². The molecule has 0 saturated carbocycles. The number of halogens is 1. The number of hydrogen-bond acceptors (Lipinski definition) is 5. The van der Waals surface area contributed by atoms with Crippen LogP contribution in [0.4, 0.5) is 10.1 Å². The van der Waals surface area contributed by atoms with Crippen LogP contribution in [0, 0.1) is 5.82 Å². The number of sulfonamides is 1. The zero-order valence-corrected chi connectivity index (χ0v) is 17.2. The number of nitrogens with zero attached hydrogens (tertiary/aromatic N) is 2. The summed E-state index contributed by atoms with van der Waals surface area (Å²) in [4.78, 5) is 14.6. The Morgan fingerprint density at radius 1 is 1.10 bits per heavy atom. The van der Waals surface area contributed by atoms with E-state index in [9.17, 15) is 17.6 Å². The van der Waals surface area contributed by atoms with Crippen molar-refractivity contribution >= 4 is 21.6 Å². The number of hydrogen-bond donors (Lipinski definition) is 1. The van der Waals surface area contributed by atoms with Crippen LogP contribution in [-0.4, -0.2) is 62.9 Å². The molecular weight excluding hydrogens is 397 g/mol. The van der Waals surface area contributed by atoms with Gasteiger partial charge in [-0.25, -0.2) is 12.8 Å². The van der Waals surface area contributed by atoms with Crippen molar-refractivity contribution in [2.45, 2.75) is 17.9 Å². The van der Waals surface area contributed by atoms with E-state index in [1.54, 1.807) is 25.1 Å². The molecule has 1 amide bonds. The summed E-state index contributed by atoms with van der Waals surface area (Å²) in [5, 5.41) is 2.69. The lowest BCUT2D eigenvalue weighted by Crippen LogP contribution is -2.53. The number of ether oxygens (including phenoxy) is 1. The van der Waals surface area contributed by atoms with Crippen molar-refractivity contribution in [3.63, 3.8) is 0 Å². The van der Waals surface area contributed by atoms with Crippen LogP contribution >= 0.6 is 0 Å². The molecule has 2 aromatic rings. The minimum Gasteiger partial charge on any atom is -0.497 e. The van der Waals surface area contributed by atoms with Gasteiger partial charge in [0.2, 0.25) is 15.9 Å². The lowest BCUT2D eigenvalue weighted by Gasteiger charge is -2.36. The highest BCUT2D eigenvalue weighted by molar-refractivity contribution is 7.89. The summed E-state index contributed by atoms with van der Waals surface area (Å²) in [5.74, 6) is -0.0956. The monoisotopic (exact) mass is 421 g/mol. The molecule has 0 aliphatic carbocycles. The van der Waals surface area contributed by atoms with E-state index in [0.29, 0.717) is 24.5 Å². The van der Waals surface area contributed by atoms with Crippen LogP contribution in [0.5, 0.6) is 5.75 Å². The Balaban J connectivity index is 1.59. The van der Waals surface area contributed by atoms with E-state index in [0.717, 1.165) is 0 Å². The van der Waals surface area contributed by atoms with Gasteiger partial charge in [0.1, 0.15) is 11.6 Å². The number of nitrogens with one attached hydrogen (secondary N) is 1. The maximum atomic E-state index is 13.3. The average Bonchev–Trinajstić information content (AvgIpc) is 2.73. The first-order chi connectivity index (χ1) is 13.8. The number of rotatable bonds is 6. The Morgan fingerprint density at radius 2 is 1.76 bits per heavy atom. The Kier molecular flexibility index (Phi) is 6.51. The van der Waals surface area contributed by atoms with Crippen molar-refractivity contribution in [3.05, 3.63) is 54.3 Å². The van der Waals surface area contributed by atoms with Crippen molar-refractivity contribution in [1.29, 1.82) is 0 Å². The van der Waals surface area contributed by atoms with Crippen molar-refractivity contribution in [3.8, 4) is 5.75 Å². The largest absolute Gasteiger partial charge is 0.497 e. The standard InChI is InChI=1S/C20H24FN3O4S/c1-15(20(25)22-17-5-3-4-16(21)14-17)23-10-12-24(13-11-23)29(26,27)19-8-6-18(28-2)7-9-19/h3-9,14-15H,10-13H2,1-2H3,(H,22,25). The third kappa shape index (κ3) is 4.92. The smallest absolute Gasteiger partial charge is 0.243 e. The second-order valence-corrected chi connectivity index (χ2v) is 8.73. The molecule has 0 bridgehead atoms. The zero-order valence-electron chi connectivity index (χ0n) is 16.3. The summed E-state index contributed by atoms with van der Waals surface area (Å²) in [6, 6.07) is 11.5. The second kappa shape index (κ2) is 8.89. The summed E-state index contributed by atoms with van der Waals surface area (Å²) in [6.07, 6.45) is 0. The SMILES string of the molecule is COc1ccc(S(=O)(=O)N2CCN(C(C)C(=O)Nc3cccc(F)c3)CC2)cc1. The first-order valence-corrected chi connectivity index (χ1v) is 10.7. The van der Waals surface area contributed by atoms with E-state index in [1.165, 1.54) is 41.7 Å². The third-order valence-electron chi connectivity index (χ3n) is 4.99. The summed E-state index contributed by atoms with van der Waals surface area (Å²) in [6.45, 7) is 3.17. The fourth-order valence-corrected chi connectivity index (χ4v) is 4.63. The van der Waals surface area contributed by atoms with Gasteiger partial charge in [0, 0.05) is 31.9 Å². The average molecular weight is 421 g/mol. The molecule has 1 aliphatic heterocycles. The predicted octanol–water partition coefficient (Wildman–Crippen LogP) is 2.17. The van der Waals surface area contributed by atoms with Crippen LogP contribution in [0.15, 0.2) is 53.4 Å². The normalized spacial score (nSPS) is 16.9. The van der Waals surface area contributed by atoms with Crippen molar-refractivity contribution in [1.82, 2.24) is 9.21 Å². The van der Waals surface area contributed by atoms with Gasteiger partial charge in [0.05, 0.1) is 18.0 Å². The van der Waals surface area contributed by atoms with Gasteiger partial charge in [-0.1, -0.05) is 6.07 Å². The van der Waals surface area contributed by atoms with Crippen LogP contribution in [0.25, 0.3) is 0 Å². The fourth-order valence-electron chi connectivity index (χ4n) is 3.21. The molecule has 1 N–H and O–H groups in total. The maximum absolute atomic E-state index is 13.3. The fraction of sp³-hybridized carbons (Fsp3) is 0.350. The van der Waals surface area contributed by atoms with Gasteiger partial charge in [-0.3, -0.25) is 9.69 Å². The van der Waals surface area contributed by atoms with Crippen LogP contribution in [0.1, 0.15) is 6.92 Å². The van der Waals surface area contributed by atoms with Crippen molar-refractivity contribution < 1.29 is 22.3 Å². The Morgan fingerprint density at radius 3 is 2.34 bits per heavy atom. The van der Waals surface area contributed by atoms with Gasteiger partial charge in [-0.2, -0.15) is 4.31 Å². The molecule has 1 aliphatic rings. The first kappa shape index (κ1) is 21.2. The lowest BCUT2D eigenvalue weighted by atomic mass is 10.2. The van der Waals surface area contributed by atoms with Gasteiger partial charge in [0.15, 0.2) is 0 Å². The Bertz CT molecular complexity index is 958. The number of methoxy groups -OCH3 is 1. The van der Waals surface area contributed by atoms with E-state index < -0.39 is 21.9 Å². The van der Waals surface area contributed by atoms with Gasteiger partial charge in [-0.05, 0) is 49.4 Å². The third-order valence-corrected chi connectivity index (χ3v) is 6.90. The van der Waals surface area contributed by atoms with Gasteiger partial charge in [-0.15, -0.1) is 0 Å². The van der Waals surface area contributed by atoms with Crippen LogP contribution in [-0.2, 0) is 14.8 Å². The molecule has 1 unspecified atom stereocenters. The molecule has 2 aromatic carbocycles. The highest BCUT2D eigenvalue weighted by atomic mass is 32.2. The second-order valence-electron chi connectivity index (χ2n) is 6.79. The van der Waals surface area contributed by atoms with E-state index in [2.05, 4.69) is 5.32 Å². The quantitative estimate of drug-likeness (QED) is 0.773. The number of anilines is 1. The molecule has 0 radical (unpaired) electrons. The molecule has 1 heterocycles. The molecule has 156 valence electrons. The zero-order chi connectivity index (χ0) is 21.0. The van der Waals surface area contributed by atoms with Crippen molar-refractivity contribution in [2.75, 3.05) is 38.6 Å². The molecular formula is C20H24FN3O4S. The van der Waals surface area contributed by atoms with Crippen molar-refractivity contribution in [2.24, 2.45) is 0 Å². The van der Waals surface area contributed by atoms with Gasteiger partial charge < -0.3 is 10.1 Å². The first-order valence-electron chi connectivity index (χ1n) is 9.26. The van der Waals surface area contributed by atoms with E-state index in [1.807, 2.05) is 4.90 Å².